The lowest BCUT2D eigenvalue weighted by Gasteiger charge is -2.07. The zero-order valence-electron chi connectivity index (χ0n) is 9.29. The van der Waals surface area contributed by atoms with Crippen molar-refractivity contribution < 1.29 is 9.66 Å². The molecule has 0 atom stereocenters. The number of non-ortho nitro benzene ring substituents is 1. The predicted octanol–water partition coefficient (Wildman–Crippen LogP) is 3.27. The third-order valence-corrected chi connectivity index (χ3v) is 2.50. The molecule has 0 aliphatic carbocycles. The number of nitro groups is 1. The van der Waals surface area contributed by atoms with Gasteiger partial charge >= 0.3 is 0 Å². The van der Waals surface area contributed by atoms with Crippen molar-refractivity contribution in [3.63, 3.8) is 0 Å². The number of methoxy groups -OCH3 is 1. The lowest BCUT2D eigenvalue weighted by Crippen LogP contribution is -1.89. The van der Waals surface area contributed by atoms with Crippen LogP contribution in [0.4, 0.5) is 5.69 Å². The standard InChI is InChI=1S/C13H11NO3/c1-17-13-5-3-2-4-12(13)10-6-8-11(9-7-10)14(15)16/h2-9H,1H3. The van der Waals surface area contributed by atoms with Crippen molar-refractivity contribution in [2.24, 2.45) is 0 Å². The number of hydrogen-bond donors (Lipinski definition) is 0. The Balaban J connectivity index is 2.43. The normalized spacial score (nSPS) is 9.94. The zero-order valence-corrected chi connectivity index (χ0v) is 9.29. The molecule has 2 aromatic carbocycles. The fourth-order valence-corrected chi connectivity index (χ4v) is 1.65. The Morgan fingerprint density at radius 2 is 1.71 bits per heavy atom. The Bertz CT molecular complexity index is 535. The summed E-state index contributed by atoms with van der Waals surface area (Å²) in [4.78, 5) is 10.1. The van der Waals surface area contributed by atoms with E-state index < -0.39 is 4.92 Å². The molecule has 0 bridgehead atoms. The molecule has 0 N–H and O–H groups in total. The van der Waals surface area contributed by atoms with Gasteiger partial charge in [0.2, 0.25) is 0 Å². The molecule has 0 spiro atoms. The molecule has 4 heteroatoms. The van der Waals surface area contributed by atoms with Crippen molar-refractivity contribution in [3.8, 4) is 16.9 Å². The number of benzene rings is 2. The molecule has 0 aliphatic rings. The zero-order chi connectivity index (χ0) is 12.3. The quantitative estimate of drug-likeness (QED) is 0.599. The molecule has 17 heavy (non-hydrogen) atoms. The van der Waals surface area contributed by atoms with E-state index in [9.17, 15) is 10.1 Å². The first-order valence-electron chi connectivity index (χ1n) is 5.10. The van der Waals surface area contributed by atoms with Crippen LogP contribution in [0.3, 0.4) is 0 Å². The smallest absolute Gasteiger partial charge is 0.269 e. The molecular weight excluding hydrogens is 218 g/mol. The van der Waals surface area contributed by atoms with E-state index in [0.29, 0.717) is 0 Å². The third kappa shape index (κ3) is 2.25. The molecule has 2 aromatic rings. The molecule has 0 saturated carbocycles. The van der Waals surface area contributed by atoms with Crippen LogP contribution < -0.4 is 4.74 Å². The van der Waals surface area contributed by atoms with E-state index >= 15 is 0 Å². The van der Waals surface area contributed by atoms with Gasteiger partial charge in [-0.15, -0.1) is 0 Å². The van der Waals surface area contributed by atoms with Crippen LogP contribution in [0.1, 0.15) is 0 Å². The van der Waals surface area contributed by atoms with Crippen LogP contribution in [-0.2, 0) is 0 Å². The van der Waals surface area contributed by atoms with Crippen LogP contribution in [0.5, 0.6) is 5.75 Å². The van der Waals surface area contributed by atoms with Gasteiger partial charge in [0.05, 0.1) is 12.0 Å². The maximum Gasteiger partial charge on any atom is 0.269 e. The number of para-hydroxylation sites is 1. The highest BCUT2D eigenvalue weighted by Crippen LogP contribution is 2.30. The summed E-state index contributed by atoms with van der Waals surface area (Å²) in [5.41, 5.74) is 1.90. The van der Waals surface area contributed by atoms with Crippen molar-refractivity contribution in [3.05, 3.63) is 58.6 Å². The van der Waals surface area contributed by atoms with E-state index in [1.165, 1.54) is 12.1 Å². The van der Waals surface area contributed by atoms with Gasteiger partial charge in [-0.25, -0.2) is 0 Å². The Labute approximate surface area is 98.6 Å². The predicted molar refractivity (Wildman–Crippen MR) is 65.1 cm³/mol. The van der Waals surface area contributed by atoms with Crippen LogP contribution in [0.15, 0.2) is 48.5 Å². The van der Waals surface area contributed by atoms with Gasteiger partial charge in [-0.1, -0.05) is 18.2 Å². The SMILES string of the molecule is COc1ccccc1-c1ccc([N+](=O)[O-])cc1. The monoisotopic (exact) mass is 229 g/mol. The summed E-state index contributed by atoms with van der Waals surface area (Å²) in [6.45, 7) is 0. The van der Waals surface area contributed by atoms with Gasteiger partial charge in [0.25, 0.3) is 5.69 Å². The van der Waals surface area contributed by atoms with Gasteiger partial charge in [0.15, 0.2) is 0 Å². The van der Waals surface area contributed by atoms with Gasteiger partial charge < -0.3 is 4.74 Å². The third-order valence-electron chi connectivity index (χ3n) is 2.50. The van der Waals surface area contributed by atoms with Crippen LogP contribution in [0.2, 0.25) is 0 Å². The first-order valence-corrected chi connectivity index (χ1v) is 5.10. The van der Waals surface area contributed by atoms with Gasteiger partial charge in [-0.2, -0.15) is 0 Å². The maximum absolute atomic E-state index is 10.6. The average Bonchev–Trinajstić information content (AvgIpc) is 2.39. The Morgan fingerprint density at radius 1 is 1.06 bits per heavy atom. The molecule has 0 aromatic heterocycles. The van der Waals surface area contributed by atoms with Crippen LogP contribution in [0, 0.1) is 10.1 Å². The van der Waals surface area contributed by atoms with Crippen molar-refractivity contribution in [1.29, 1.82) is 0 Å². The Hall–Kier alpha value is -2.36. The average molecular weight is 229 g/mol. The van der Waals surface area contributed by atoms with E-state index in [1.54, 1.807) is 19.2 Å². The van der Waals surface area contributed by atoms with E-state index in [1.807, 2.05) is 24.3 Å². The Kier molecular flexibility index (Phi) is 3.05. The van der Waals surface area contributed by atoms with Gasteiger partial charge in [0.1, 0.15) is 5.75 Å². The number of hydrogen-bond acceptors (Lipinski definition) is 3. The number of rotatable bonds is 3. The molecular formula is C13H11NO3. The van der Waals surface area contributed by atoms with Gasteiger partial charge in [-0.3, -0.25) is 10.1 Å². The molecule has 0 radical (unpaired) electrons. The summed E-state index contributed by atoms with van der Waals surface area (Å²) >= 11 is 0. The number of nitrogens with zero attached hydrogens (tertiary/aromatic N) is 1. The van der Waals surface area contributed by atoms with E-state index in [0.717, 1.165) is 16.9 Å². The lowest BCUT2D eigenvalue weighted by molar-refractivity contribution is -0.384. The minimum atomic E-state index is -0.411. The summed E-state index contributed by atoms with van der Waals surface area (Å²) < 4.78 is 5.24. The first kappa shape index (κ1) is 11.1. The topological polar surface area (TPSA) is 52.4 Å². The second-order valence-electron chi connectivity index (χ2n) is 3.50. The second-order valence-corrected chi connectivity index (χ2v) is 3.50. The van der Waals surface area contributed by atoms with Crippen LogP contribution >= 0.6 is 0 Å². The lowest BCUT2D eigenvalue weighted by atomic mass is 10.0. The van der Waals surface area contributed by atoms with E-state index in [-0.39, 0.29) is 5.69 Å². The fraction of sp³-hybridized carbons (Fsp3) is 0.0769. The summed E-state index contributed by atoms with van der Waals surface area (Å²) in [5.74, 6) is 0.751. The molecule has 86 valence electrons. The largest absolute Gasteiger partial charge is 0.496 e. The highest BCUT2D eigenvalue weighted by molar-refractivity contribution is 5.71. The fourth-order valence-electron chi connectivity index (χ4n) is 1.65. The molecule has 4 nitrogen and oxygen atoms in total. The molecule has 0 amide bonds. The minimum Gasteiger partial charge on any atom is -0.496 e. The molecule has 0 aliphatic heterocycles. The number of ether oxygens (including phenoxy) is 1. The molecule has 2 rings (SSSR count). The Morgan fingerprint density at radius 3 is 2.29 bits per heavy atom. The summed E-state index contributed by atoms with van der Waals surface area (Å²) in [5, 5.41) is 10.6. The van der Waals surface area contributed by atoms with Crippen LogP contribution in [0.25, 0.3) is 11.1 Å². The van der Waals surface area contributed by atoms with E-state index in [2.05, 4.69) is 0 Å². The summed E-state index contributed by atoms with van der Waals surface area (Å²) in [6.07, 6.45) is 0. The molecule has 0 fully saturated rings. The van der Waals surface area contributed by atoms with Gasteiger partial charge in [0, 0.05) is 17.7 Å². The second kappa shape index (κ2) is 4.65. The van der Waals surface area contributed by atoms with Crippen LogP contribution in [-0.4, -0.2) is 12.0 Å². The maximum atomic E-state index is 10.6. The van der Waals surface area contributed by atoms with E-state index in [4.69, 9.17) is 4.74 Å². The van der Waals surface area contributed by atoms with Crippen molar-refractivity contribution in [2.45, 2.75) is 0 Å². The molecule has 0 heterocycles. The minimum absolute atomic E-state index is 0.0867. The van der Waals surface area contributed by atoms with Crippen molar-refractivity contribution >= 4 is 5.69 Å². The highest BCUT2D eigenvalue weighted by atomic mass is 16.6. The number of nitro benzene ring substituents is 1. The summed E-state index contributed by atoms with van der Waals surface area (Å²) in [6, 6.07) is 14.0. The molecule has 0 saturated heterocycles. The first-order chi connectivity index (χ1) is 8.22. The van der Waals surface area contributed by atoms with Crippen molar-refractivity contribution in [1.82, 2.24) is 0 Å². The van der Waals surface area contributed by atoms with Crippen molar-refractivity contribution in [2.75, 3.05) is 7.11 Å². The molecule has 0 unspecified atom stereocenters. The highest BCUT2D eigenvalue weighted by Gasteiger charge is 2.07. The van der Waals surface area contributed by atoms with Gasteiger partial charge in [-0.05, 0) is 23.8 Å². The summed E-state index contributed by atoms with van der Waals surface area (Å²) in [7, 11) is 1.60.